The SMILES string of the molecule is CC(C)c1nc(Nc2cccc(Cl)c2)ncc1CN1CCNCC1. The van der Waals surface area contributed by atoms with Gasteiger partial charge in [-0.05, 0) is 24.1 Å². The molecule has 1 aromatic carbocycles. The number of benzene rings is 1. The highest BCUT2D eigenvalue weighted by molar-refractivity contribution is 6.30. The summed E-state index contributed by atoms with van der Waals surface area (Å²) in [5, 5.41) is 7.32. The fourth-order valence-corrected chi connectivity index (χ4v) is 3.10. The van der Waals surface area contributed by atoms with Crippen LogP contribution in [0.5, 0.6) is 0 Å². The van der Waals surface area contributed by atoms with Crippen molar-refractivity contribution in [3.05, 3.63) is 46.7 Å². The van der Waals surface area contributed by atoms with Crippen molar-refractivity contribution in [2.45, 2.75) is 26.3 Å². The third-order valence-electron chi connectivity index (χ3n) is 4.13. The van der Waals surface area contributed by atoms with Crippen molar-refractivity contribution in [3.63, 3.8) is 0 Å². The van der Waals surface area contributed by atoms with Crippen LogP contribution >= 0.6 is 11.6 Å². The van der Waals surface area contributed by atoms with Crippen molar-refractivity contribution >= 4 is 23.2 Å². The summed E-state index contributed by atoms with van der Waals surface area (Å²) in [6.45, 7) is 9.49. The van der Waals surface area contributed by atoms with E-state index in [1.54, 1.807) is 0 Å². The lowest BCUT2D eigenvalue weighted by Gasteiger charge is -2.28. The fourth-order valence-electron chi connectivity index (χ4n) is 2.91. The van der Waals surface area contributed by atoms with Gasteiger partial charge in [0.1, 0.15) is 0 Å². The Morgan fingerprint density at radius 1 is 1.29 bits per heavy atom. The molecule has 1 fully saturated rings. The van der Waals surface area contributed by atoms with Crippen molar-refractivity contribution in [2.24, 2.45) is 0 Å². The lowest BCUT2D eigenvalue weighted by Crippen LogP contribution is -2.43. The Labute approximate surface area is 148 Å². The van der Waals surface area contributed by atoms with Crippen LogP contribution in [-0.2, 0) is 6.54 Å². The van der Waals surface area contributed by atoms with Gasteiger partial charge < -0.3 is 10.6 Å². The number of rotatable bonds is 5. The molecule has 0 aliphatic carbocycles. The van der Waals surface area contributed by atoms with Gasteiger partial charge in [-0.1, -0.05) is 31.5 Å². The molecule has 1 aliphatic rings. The minimum absolute atomic E-state index is 0.353. The minimum Gasteiger partial charge on any atom is -0.324 e. The molecule has 1 saturated heterocycles. The van der Waals surface area contributed by atoms with E-state index >= 15 is 0 Å². The van der Waals surface area contributed by atoms with E-state index in [2.05, 4.69) is 34.4 Å². The maximum Gasteiger partial charge on any atom is 0.227 e. The Morgan fingerprint density at radius 3 is 2.79 bits per heavy atom. The van der Waals surface area contributed by atoms with Crippen LogP contribution in [-0.4, -0.2) is 41.0 Å². The molecule has 2 aromatic rings. The largest absolute Gasteiger partial charge is 0.324 e. The second-order valence-corrected chi connectivity index (χ2v) is 6.86. The molecule has 6 heteroatoms. The lowest BCUT2D eigenvalue weighted by molar-refractivity contribution is 0.232. The van der Waals surface area contributed by atoms with E-state index in [1.807, 2.05) is 30.5 Å². The van der Waals surface area contributed by atoms with Crippen LogP contribution in [0.15, 0.2) is 30.5 Å². The Bertz CT molecular complexity index is 683. The monoisotopic (exact) mass is 345 g/mol. The second-order valence-electron chi connectivity index (χ2n) is 6.42. The number of aromatic nitrogens is 2. The van der Waals surface area contributed by atoms with Gasteiger partial charge in [0.15, 0.2) is 0 Å². The molecule has 0 bridgehead atoms. The normalized spacial score (nSPS) is 15.7. The number of nitrogens with one attached hydrogen (secondary N) is 2. The van der Waals surface area contributed by atoms with Crippen LogP contribution in [0.4, 0.5) is 11.6 Å². The molecule has 1 aliphatic heterocycles. The first-order valence-corrected chi connectivity index (χ1v) is 8.81. The zero-order valence-electron chi connectivity index (χ0n) is 14.2. The van der Waals surface area contributed by atoms with Gasteiger partial charge in [-0.15, -0.1) is 0 Å². The molecule has 24 heavy (non-hydrogen) atoms. The Balaban J connectivity index is 1.78. The van der Waals surface area contributed by atoms with Gasteiger partial charge >= 0.3 is 0 Å². The molecule has 0 saturated carbocycles. The van der Waals surface area contributed by atoms with Gasteiger partial charge in [0, 0.05) is 55.2 Å². The molecule has 5 nitrogen and oxygen atoms in total. The van der Waals surface area contributed by atoms with Crippen molar-refractivity contribution < 1.29 is 0 Å². The highest BCUT2D eigenvalue weighted by Gasteiger charge is 2.16. The van der Waals surface area contributed by atoms with Gasteiger partial charge in [-0.25, -0.2) is 9.97 Å². The van der Waals surface area contributed by atoms with Gasteiger partial charge in [-0.2, -0.15) is 0 Å². The van der Waals surface area contributed by atoms with E-state index < -0.39 is 0 Å². The van der Waals surface area contributed by atoms with Crippen LogP contribution in [0.3, 0.4) is 0 Å². The maximum atomic E-state index is 6.04. The van der Waals surface area contributed by atoms with Crippen molar-refractivity contribution in [1.29, 1.82) is 0 Å². The van der Waals surface area contributed by atoms with Gasteiger partial charge in [0.05, 0.1) is 5.69 Å². The van der Waals surface area contributed by atoms with Crippen molar-refractivity contribution in [1.82, 2.24) is 20.2 Å². The number of hydrogen-bond acceptors (Lipinski definition) is 5. The molecule has 1 aromatic heterocycles. The smallest absolute Gasteiger partial charge is 0.227 e. The molecule has 0 atom stereocenters. The standard InChI is InChI=1S/C18H24ClN5/c1-13(2)17-14(12-24-8-6-20-7-9-24)11-21-18(23-17)22-16-5-3-4-15(19)10-16/h3-5,10-11,13,20H,6-9,12H2,1-2H3,(H,21,22,23). The first-order valence-electron chi connectivity index (χ1n) is 8.43. The van der Waals surface area contributed by atoms with Crippen LogP contribution in [0.2, 0.25) is 5.02 Å². The first-order chi connectivity index (χ1) is 11.6. The molecule has 0 unspecified atom stereocenters. The predicted molar refractivity (Wildman–Crippen MR) is 99.0 cm³/mol. The Hall–Kier alpha value is -1.69. The third kappa shape index (κ3) is 4.44. The number of piperazine rings is 1. The number of nitrogens with zero attached hydrogens (tertiary/aromatic N) is 3. The second kappa shape index (κ2) is 7.92. The van der Waals surface area contributed by atoms with E-state index in [0.717, 1.165) is 44.1 Å². The van der Waals surface area contributed by atoms with Crippen molar-refractivity contribution in [2.75, 3.05) is 31.5 Å². The quantitative estimate of drug-likeness (QED) is 0.869. The van der Waals surface area contributed by atoms with Crippen LogP contribution in [0.1, 0.15) is 31.0 Å². The zero-order valence-corrected chi connectivity index (χ0v) is 15.0. The van der Waals surface area contributed by atoms with Gasteiger partial charge in [0.25, 0.3) is 0 Å². The van der Waals surface area contributed by atoms with E-state index in [0.29, 0.717) is 16.9 Å². The molecule has 2 N–H and O–H groups in total. The zero-order chi connectivity index (χ0) is 16.9. The molecular formula is C18H24ClN5. The summed E-state index contributed by atoms with van der Waals surface area (Å²) in [6.07, 6.45) is 1.96. The fraction of sp³-hybridized carbons (Fsp3) is 0.444. The lowest BCUT2D eigenvalue weighted by atomic mass is 10.0. The van der Waals surface area contributed by atoms with Crippen molar-refractivity contribution in [3.8, 4) is 0 Å². The molecule has 0 spiro atoms. The molecule has 3 rings (SSSR count). The van der Waals surface area contributed by atoms with E-state index in [4.69, 9.17) is 16.6 Å². The van der Waals surface area contributed by atoms with Crippen LogP contribution in [0, 0.1) is 0 Å². The molecule has 0 amide bonds. The number of halogens is 1. The third-order valence-corrected chi connectivity index (χ3v) is 4.36. The number of anilines is 2. The summed E-state index contributed by atoms with van der Waals surface area (Å²) < 4.78 is 0. The summed E-state index contributed by atoms with van der Waals surface area (Å²) in [5.74, 6) is 0.968. The molecule has 2 heterocycles. The summed E-state index contributed by atoms with van der Waals surface area (Å²) >= 11 is 6.04. The summed E-state index contributed by atoms with van der Waals surface area (Å²) in [4.78, 5) is 11.7. The Morgan fingerprint density at radius 2 is 2.08 bits per heavy atom. The Kier molecular flexibility index (Phi) is 5.66. The van der Waals surface area contributed by atoms with Crippen LogP contribution < -0.4 is 10.6 Å². The average molecular weight is 346 g/mol. The summed E-state index contributed by atoms with van der Waals surface area (Å²) in [7, 11) is 0. The average Bonchev–Trinajstić information content (AvgIpc) is 2.57. The topological polar surface area (TPSA) is 53.1 Å². The maximum absolute atomic E-state index is 6.04. The predicted octanol–water partition coefficient (Wildman–Crippen LogP) is 3.40. The minimum atomic E-state index is 0.353. The van der Waals surface area contributed by atoms with E-state index in [1.165, 1.54) is 5.56 Å². The van der Waals surface area contributed by atoms with Gasteiger partial charge in [-0.3, -0.25) is 4.90 Å². The molecule has 0 radical (unpaired) electrons. The summed E-state index contributed by atoms with van der Waals surface area (Å²) in [6, 6.07) is 7.59. The van der Waals surface area contributed by atoms with E-state index in [-0.39, 0.29) is 0 Å². The molecule has 128 valence electrons. The van der Waals surface area contributed by atoms with E-state index in [9.17, 15) is 0 Å². The highest BCUT2D eigenvalue weighted by atomic mass is 35.5. The van der Waals surface area contributed by atoms with Crippen LogP contribution in [0.25, 0.3) is 0 Å². The van der Waals surface area contributed by atoms with Gasteiger partial charge in [0.2, 0.25) is 5.95 Å². The summed E-state index contributed by atoms with van der Waals surface area (Å²) in [5.41, 5.74) is 3.21. The first kappa shape index (κ1) is 17.1. The number of hydrogen-bond donors (Lipinski definition) is 2. The highest BCUT2D eigenvalue weighted by Crippen LogP contribution is 2.22. The molecular weight excluding hydrogens is 322 g/mol.